The molecule has 21 heavy (non-hydrogen) atoms. The third-order valence-corrected chi connectivity index (χ3v) is 4.16. The maximum atomic E-state index is 5.93. The number of aromatic nitrogens is 1. The van der Waals surface area contributed by atoms with Crippen molar-refractivity contribution in [3.63, 3.8) is 0 Å². The van der Waals surface area contributed by atoms with Gasteiger partial charge in [0.2, 0.25) is 5.88 Å². The molecule has 2 rings (SSSR count). The number of nitrogens with one attached hydrogen (secondary N) is 1. The average molecular weight is 291 g/mol. The largest absolute Gasteiger partial charge is 0.476 e. The number of nitrogen functional groups attached to an aromatic ring is 1. The lowest BCUT2D eigenvalue weighted by molar-refractivity contribution is 0.290. The molecule has 1 heterocycles. The molecular formula is C17H29N3O. The molecule has 0 bridgehead atoms. The summed E-state index contributed by atoms with van der Waals surface area (Å²) >= 11 is 0. The summed E-state index contributed by atoms with van der Waals surface area (Å²) in [7, 11) is 0. The summed E-state index contributed by atoms with van der Waals surface area (Å²) < 4.78 is 5.72. The van der Waals surface area contributed by atoms with E-state index in [1.165, 1.54) is 38.5 Å². The Morgan fingerprint density at radius 3 is 2.86 bits per heavy atom. The lowest BCUT2D eigenvalue weighted by Crippen LogP contribution is -2.15. The van der Waals surface area contributed by atoms with Crippen LogP contribution in [0.2, 0.25) is 0 Å². The number of anilines is 2. The fraction of sp³-hybridized carbons (Fsp3) is 0.706. The number of pyridine rings is 1. The Bertz CT molecular complexity index is 432. The van der Waals surface area contributed by atoms with Crippen molar-refractivity contribution < 1.29 is 4.74 Å². The van der Waals surface area contributed by atoms with Crippen molar-refractivity contribution >= 4 is 11.5 Å². The van der Waals surface area contributed by atoms with Crippen molar-refractivity contribution in [3.05, 3.63) is 12.1 Å². The maximum absolute atomic E-state index is 5.93. The Morgan fingerprint density at radius 2 is 2.19 bits per heavy atom. The Kier molecular flexibility index (Phi) is 6.15. The molecule has 1 unspecified atom stereocenters. The van der Waals surface area contributed by atoms with Crippen molar-refractivity contribution in [1.82, 2.24) is 4.98 Å². The molecule has 3 N–H and O–H groups in total. The highest BCUT2D eigenvalue weighted by Crippen LogP contribution is 2.30. The minimum Gasteiger partial charge on any atom is -0.476 e. The summed E-state index contributed by atoms with van der Waals surface area (Å²) in [6, 6.07) is 3.82. The van der Waals surface area contributed by atoms with Crippen molar-refractivity contribution in [2.45, 2.75) is 52.4 Å². The van der Waals surface area contributed by atoms with Crippen LogP contribution in [-0.4, -0.2) is 18.1 Å². The average Bonchev–Trinajstić information content (AvgIpc) is 3.32. The number of hydrogen-bond donors (Lipinski definition) is 2. The maximum Gasteiger partial charge on any atom is 0.239 e. The molecule has 0 radical (unpaired) electrons. The van der Waals surface area contributed by atoms with Gasteiger partial charge in [-0.15, -0.1) is 0 Å². The molecule has 1 aromatic heterocycles. The van der Waals surface area contributed by atoms with E-state index >= 15 is 0 Å². The SMILES string of the molecule is CCCCC(CC)CNc1ccc(N)c(OCC2CC2)n1. The second kappa shape index (κ2) is 8.11. The van der Waals surface area contributed by atoms with E-state index in [0.29, 0.717) is 23.4 Å². The third-order valence-electron chi connectivity index (χ3n) is 4.16. The zero-order valence-corrected chi connectivity index (χ0v) is 13.4. The second-order valence-corrected chi connectivity index (χ2v) is 6.14. The molecule has 1 fully saturated rings. The van der Waals surface area contributed by atoms with E-state index in [1.807, 2.05) is 12.1 Å². The minimum atomic E-state index is 0.577. The van der Waals surface area contributed by atoms with Gasteiger partial charge in [-0.05, 0) is 43.2 Å². The fourth-order valence-electron chi connectivity index (χ4n) is 2.34. The summed E-state index contributed by atoms with van der Waals surface area (Å²) in [6.45, 7) is 6.21. The van der Waals surface area contributed by atoms with Gasteiger partial charge in [-0.2, -0.15) is 4.98 Å². The van der Waals surface area contributed by atoms with Crippen LogP contribution in [0.25, 0.3) is 0 Å². The Balaban J connectivity index is 1.85. The van der Waals surface area contributed by atoms with Gasteiger partial charge in [0.1, 0.15) is 5.82 Å². The highest BCUT2D eigenvalue weighted by atomic mass is 16.5. The van der Waals surface area contributed by atoms with E-state index < -0.39 is 0 Å². The lowest BCUT2D eigenvalue weighted by atomic mass is 9.99. The van der Waals surface area contributed by atoms with E-state index in [-0.39, 0.29) is 0 Å². The number of hydrogen-bond acceptors (Lipinski definition) is 4. The molecule has 1 aromatic rings. The Morgan fingerprint density at radius 1 is 1.38 bits per heavy atom. The van der Waals surface area contributed by atoms with Crippen LogP contribution in [0, 0.1) is 11.8 Å². The van der Waals surface area contributed by atoms with Gasteiger partial charge < -0.3 is 15.8 Å². The van der Waals surface area contributed by atoms with Gasteiger partial charge in [-0.1, -0.05) is 33.1 Å². The van der Waals surface area contributed by atoms with Gasteiger partial charge in [0, 0.05) is 6.54 Å². The third kappa shape index (κ3) is 5.44. The van der Waals surface area contributed by atoms with E-state index in [2.05, 4.69) is 24.1 Å². The zero-order valence-electron chi connectivity index (χ0n) is 13.4. The molecule has 0 aromatic carbocycles. The van der Waals surface area contributed by atoms with Crippen molar-refractivity contribution in [2.75, 3.05) is 24.2 Å². The standard InChI is InChI=1S/C17H29N3O/c1-3-5-6-13(4-2)11-19-16-10-9-15(18)17(20-16)21-12-14-7-8-14/h9-10,13-14H,3-8,11-12,18H2,1-2H3,(H,19,20). The second-order valence-electron chi connectivity index (χ2n) is 6.14. The van der Waals surface area contributed by atoms with Crippen LogP contribution in [0.4, 0.5) is 11.5 Å². The number of nitrogens with zero attached hydrogens (tertiary/aromatic N) is 1. The molecule has 4 nitrogen and oxygen atoms in total. The molecule has 1 saturated carbocycles. The van der Waals surface area contributed by atoms with Crippen molar-refractivity contribution in [3.8, 4) is 5.88 Å². The Labute approximate surface area is 128 Å². The van der Waals surface area contributed by atoms with Gasteiger partial charge in [-0.25, -0.2) is 0 Å². The van der Waals surface area contributed by atoms with Crippen LogP contribution in [0.1, 0.15) is 52.4 Å². The molecule has 0 spiro atoms. The highest BCUT2D eigenvalue weighted by Gasteiger charge is 2.22. The predicted octanol–water partition coefficient (Wildman–Crippen LogP) is 4.08. The van der Waals surface area contributed by atoms with E-state index in [0.717, 1.165) is 19.0 Å². The summed E-state index contributed by atoms with van der Waals surface area (Å²) in [5.41, 5.74) is 6.55. The number of rotatable bonds is 10. The van der Waals surface area contributed by atoms with Crippen LogP contribution in [-0.2, 0) is 0 Å². The van der Waals surface area contributed by atoms with Gasteiger partial charge in [0.05, 0.1) is 12.3 Å². The molecule has 0 aliphatic heterocycles. The first-order chi connectivity index (χ1) is 10.2. The zero-order chi connectivity index (χ0) is 15.1. The van der Waals surface area contributed by atoms with Crippen LogP contribution in [0.3, 0.4) is 0 Å². The first-order valence-electron chi connectivity index (χ1n) is 8.36. The highest BCUT2D eigenvalue weighted by molar-refractivity contribution is 5.53. The topological polar surface area (TPSA) is 60.2 Å². The summed E-state index contributed by atoms with van der Waals surface area (Å²) in [5, 5.41) is 3.43. The van der Waals surface area contributed by atoms with E-state index in [4.69, 9.17) is 10.5 Å². The lowest BCUT2D eigenvalue weighted by Gasteiger charge is -2.16. The Hall–Kier alpha value is -1.45. The van der Waals surface area contributed by atoms with Crippen LogP contribution in [0.15, 0.2) is 12.1 Å². The number of unbranched alkanes of at least 4 members (excludes halogenated alkanes) is 1. The quantitative estimate of drug-likeness (QED) is 0.682. The fourth-order valence-corrected chi connectivity index (χ4v) is 2.34. The molecule has 1 atom stereocenters. The molecule has 4 heteroatoms. The summed E-state index contributed by atoms with van der Waals surface area (Å²) in [5.74, 6) is 2.86. The normalized spacial score (nSPS) is 15.7. The first kappa shape index (κ1) is 15.9. The molecule has 1 aliphatic carbocycles. The molecular weight excluding hydrogens is 262 g/mol. The van der Waals surface area contributed by atoms with Gasteiger partial charge in [0.25, 0.3) is 0 Å². The summed E-state index contributed by atoms with van der Waals surface area (Å²) in [6.07, 6.45) is 7.58. The van der Waals surface area contributed by atoms with Crippen molar-refractivity contribution in [1.29, 1.82) is 0 Å². The molecule has 1 aliphatic rings. The van der Waals surface area contributed by atoms with Gasteiger partial charge in [0.15, 0.2) is 0 Å². The molecule has 0 amide bonds. The smallest absolute Gasteiger partial charge is 0.239 e. The van der Waals surface area contributed by atoms with Crippen molar-refractivity contribution in [2.24, 2.45) is 11.8 Å². The summed E-state index contributed by atoms with van der Waals surface area (Å²) in [4.78, 5) is 4.50. The van der Waals surface area contributed by atoms with E-state index in [9.17, 15) is 0 Å². The number of nitrogens with two attached hydrogens (primary N) is 1. The van der Waals surface area contributed by atoms with Crippen LogP contribution < -0.4 is 15.8 Å². The van der Waals surface area contributed by atoms with Gasteiger partial charge in [-0.3, -0.25) is 0 Å². The van der Waals surface area contributed by atoms with Gasteiger partial charge >= 0.3 is 0 Å². The van der Waals surface area contributed by atoms with Crippen LogP contribution >= 0.6 is 0 Å². The molecule has 118 valence electrons. The van der Waals surface area contributed by atoms with Crippen LogP contribution in [0.5, 0.6) is 5.88 Å². The predicted molar refractivity (Wildman–Crippen MR) is 88.7 cm³/mol. The minimum absolute atomic E-state index is 0.577. The first-order valence-corrected chi connectivity index (χ1v) is 8.36. The molecule has 0 saturated heterocycles. The number of ether oxygens (including phenoxy) is 1. The monoisotopic (exact) mass is 291 g/mol. The van der Waals surface area contributed by atoms with E-state index in [1.54, 1.807) is 0 Å².